The molecule has 0 bridgehead atoms. The maximum atomic E-state index is 8.60. The van der Waals surface area contributed by atoms with E-state index in [0.717, 1.165) is 5.75 Å². The summed E-state index contributed by atoms with van der Waals surface area (Å²) in [5.74, 6) is 0.768. The normalized spacial score (nSPS) is 10.1. The highest BCUT2D eigenvalue weighted by Gasteiger charge is 2.03. The van der Waals surface area contributed by atoms with E-state index in [1.807, 2.05) is 12.1 Å². The molecule has 0 N–H and O–H groups in total. The lowest BCUT2D eigenvalue weighted by Crippen LogP contribution is -1.88. The van der Waals surface area contributed by atoms with E-state index in [1.54, 1.807) is 0 Å². The Labute approximate surface area is 93.7 Å². The van der Waals surface area contributed by atoms with E-state index >= 15 is 0 Å². The van der Waals surface area contributed by atoms with Crippen molar-refractivity contribution in [2.75, 3.05) is 0 Å². The molecule has 2 aromatic rings. The van der Waals surface area contributed by atoms with Crippen LogP contribution in [0.25, 0.3) is 10.8 Å². The van der Waals surface area contributed by atoms with Crippen LogP contribution in [0, 0.1) is 17.6 Å². The van der Waals surface area contributed by atoms with Crippen LogP contribution in [0.3, 0.4) is 0 Å². The molecule has 2 rings (SSSR count). The quantitative estimate of drug-likeness (QED) is 0.707. The molecule has 15 heavy (non-hydrogen) atoms. The van der Waals surface area contributed by atoms with Gasteiger partial charge in [-0.3, -0.25) is 0 Å². The average Bonchev–Trinajstić information content (AvgIpc) is 2.28. The molecule has 0 spiro atoms. The zero-order valence-electron chi connectivity index (χ0n) is 8.53. The Morgan fingerprint density at radius 3 is 2.80 bits per heavy atom. The van der Waals surface area contributed by atoms with Gasteiger partial charge in [-0.05, 0) is 40.6 Å². The van der Waals surface area contributed by atoms with Crippen LogP contribution in [-0.4, -0.2) is 0 Å². The molecule has 0 aliphatic carbocycles. The summed E-state index contributed by atoms with van der Waals surface area (Å²) in [6.07, 6.45) is 0. The van der Waals surface area contributed by atoms with Gasteiger partial charge in [0.15, 0.2) is 0 Å². The van der Waals surface area contributed by atoms with Crippen molar-refractivity contribution < 1.29 is 0 Å². The molecule has 74 valence electrons. The van der Waals surface area contributed by atoms with Gasteiger partial charge >= 0.3 is 0 Å². The van der Waals surface area contributed by atoms with Crippen molar-refractivity contribution >= 4 is 22.5 Å². The molecule has 0 heterocycles. The minimum Gasteiger partial charge on any atom is -0.185 e. The molecule has 0 saturated heterocycles. The number of hydrogen-bond donors (Lipinski definition) is 0. The maximum absolute atomic E-state index is 8.60. The van der Waals surface area contributed by atoms with Crippen molar-refractivity contribution in [2.45, 2.75) is 12.7 Å². The lowest BCUT2D eigenvalue weighted by molar-refractivity contribution is 1.35. The largest absolute Gasteiger partial charge is 0.185 e. The fraction of sp³-hybridized carbons (Fsp3) is 0.154. The van der Waals surface area contributed by atoms with Gasteiger partial charge in [-0.15, -0.1) is 0 Å². The second-order valence-corrected chi connectivity index (χ2v) is 4.22. The summed E-state index contributed by atoms with van der Waals surface area (Å²) in [7, 11) is 0. The van der Waals surface area contributed by atoms with Gasteiger partial charge in [-0.25, -0.2) is 0 Å². The molecule has 0 aliphatic rings. The Hall–Kier alpha value is -1.46. The number of aryl methyl sites for hydroxylation is 1. The van der Waals surface area contributed by atoms with Crippen LogP contribution in [0.5, 0.6) is 0 Å². The Balaban J connectivity index is 2.59. The van der Waals surface area contributed by atoms with Crippen molar-refractivity contribution in [3.8, 4) is 5.40 Å². The molecule has 0 saturated carbocycles. The molecule has 2 aromatic carbocycles. The van der Waals surface area contributed by atoms with Crippen LogP contribution in [0.15, 0.2) is 36.4 Å². The van der Waals surface area contributed by atoms with Crippen LogP contribution >= 0.6 is 11.8 Å². The molecule has 1 nitrogen and oxygen atoms in total. The van der Waals surface area contributed by atoms with E-state index < -0.39 is 0 Å². The third-order valence-electron chi connectivity index (χ3n) is 2.56. The SMILES string of the molecule is Cc1ccc2ccccc2c1CSC#N. The first-order valence-electron chi connectivity index (χ1n) is 4.81. The smallest absolute Gasteiger partial charge is 0.133 e. The molecular formula is C13H11NS. The molecule has 2 heteroatoms. The van der Waals surface area contributed by atoms with Gasteiger partial charge in [0.25, 0.3) is 0 Å². The second kappa shape index (κ2) is 4.37. The number of nitriles is 1. The van der Waals surface area contributed by atoms with Crippen molar-refractivity contribution in [1.29, 1.82) is 5.26 Å². The lowest BCUT2D eigenvalue weighted by atomic mass is 10.0. The van der Waals surface area contributed by atoms with Gasteiger partial charge in [0.1, 0.15) is 5.40 Å². The summed E-state index contributed by atoms with van der Waals surface area (Å²) in [4.78, 5) is 0. The average molecular weight is 213 g/mol. The van der Waals surface area contributed by atoms with Gasteiger partial charge < -0.3 is 0 Å². The Morgan fingerprint density at radius 2 is 2.00 bits per heavy atom. The lowest BCUT2D eigenvalue weighted by Gasteiger charge is -2.07. The predicted molar refractivity (Wildman–Crippen MR) is 65.6 cm³/mol. The zero-order chi connectivity index (χ0) is 10.7. The van der Waals surface area contributed by atoms with Gasteiger partial charge in [0.2, 0.25) is 0 Å². The number of rotatable bonds is 2. The predicted octanol–water partition coefficient (Wildman–Crippen LogP) is 3.86. The van der Waals surface area contributed by atoms with E-state index in [1.165, 1.54) is 33.7 Å². The van der Waals surface area contributed by atoms with Gasteiger partial charge in [0.05, 0.1) is 0 Å². The molecule has 0 unspecified atom stereocenters. The highest BCUT2D eigenvalue weighted by Crippen LogP contribution is 2.25. The standard InChI is InChI=1S/C13H11NS/c1-10-6-7-11-4-2-3-5-12(11)13(10)8-15-9-14/h2-7H,8H2,1H3. The highest BCUT2D eigenvalue weighted by molar-refractivity contribution is 8.03. The highest BCUT2D eigenvalue weighted by atomic mass is 32.2. The monoisotopic (exact) mass is 213 g/mol. The van der Waals surface area contributed by atoms with Crippen LogP contribution in [0.2, 0.25) is 0 Å². The number of benzene rings is 2. The minimum atomic E-state index is 0.768. The molecule has 0 aromatic heterocycles. The van der Waals surface area contributed by atoms with E-state index in [0.29, 0.717) is 0 Å². The van der Waals surface area contributed by atoms with Crippen molar-refractivity contribution in [1.82, 2.24) is 0 Å². The molecule has 0 fully saturated rings. The minimum absolute atomic E-state index is 0.768. The Kier molecular flexibility index (Phi) is 2.94. The number of nitrogens with zero attached hydrogens (tertiary/aromatic N) is 1. The summed E-state index contributed by atoms with van der Waals surface area (Å²) >= 11 is 1.30. The summed E-state index contributed by atoms with van der Waals surface area (Å²) in [5.41, 5.74) is 2.54. The first-order valence-corrected chi connectivity index (χ1v) is 5.79. The molecule has 0 aliphatic heterocycles. The van der Waals surface area contributed by atoms with E-state index in [9.17, 15) is 0 Å². The van der Waals surface area contributed by atoms with E-state index in [4.69, 9.17) is 5.26 Å². The molecule has 0 atom stereocenters. The van der Waals surface area contributed by atoms with Crippen LogP contribution < -0.4 is 0 Å². The molecule has 0 amide bonds. The zero-order valence-corrected chi connectivity index (χ0v) is 9.34. The van der Waals surface area contributed by atoms with Crippen LogP contribution in [0.1, 0.15) is 11.1 Å². The van der Waals surface area contributed by atoms with Crippen molar-refractivity contribution in [3.05, 3.63) is 47.5 Å². The van der Waals surface area contributed by atoms with Crippen molar-refractivity contribution in [3.63, 3.8) is 0 Å². The first-order chi connectivity index (χ1) is 7.33. The van der Waals surface area contributed by atoms with Gasteiger partial charge in [0, 0.05) is 5.75 Å². The van der Waals surface area contributed by atoms with Gasteiger partial charge in [-0.1, -0.05) is 36.4 Å². The first kappa shape index (κ1) is 10.1. The second-order valence-electron chi connectivity index (χ2n) is 3.46. The fourth-order valence-electron chi connectivity index (χ4n) is 1.74. The topological polar surface area (TPSA) is 23.8 Å². The summed E-state index contributed by atoms with van der Waals surface area (Å²) in [6, 6.07) is 12.6. The number of thioether (sulfide) groups is 1. The van der Waals surface area contributed by atoms with E-state index in [2.05, 4.69) is 36.6 Å². The third kappa shape index (κ3) is 1.98. The van der Waals surface area contributed by atoms with Crippen LogP contribution in [0.4, 0.5) is 0 Å². The third-order valence-corrected chi connectivity index (χ3v) is 3.12. The Bertz CT molecular complexity index is 526. The van der Waals surface area contributed by atoms with Crippen molar-refractivity contribution in [2.24, 2.45) is 0 Å². The molecule has 0 radical (unpaired) electrons. The van der Waals surface area contributed by atoms with E-state index in [-0.39, 0.29) is 0 Å². The summed E-state index contributed by atoms with van der Waals surface area (Å²) in [5, 5.41) is 13.2. The summed E-state index contributed by atoms with van der Waals surface area (Å²) < 4.78 is 0. The fourth-order valence-corrected chi connectivity index (χ4v) is 2.33. The van der Waals surface area contributed by atoms with Gasteiger partial charge in [-0.2, -0.15) is 5.26 Å². The van der Waals surface area contributed by atoms with Crippen LogP contribution in [-0.2, 0) is 5.75 Å². The number of thiocyanates is 1. The molecular weight excluding hydrogens is 202 g/mol. The number of fused-ring (bicyclic) bond motifs is 1. The number of hydrogen-bond acceptors (Lipinski definition) is 2. The summed E-state index contributed by atoms with van der Waals surface area (Å²) in [6.45, 7) is 2.10. The Morgan fingerprint density at radius 1 is 1.20 bits per heavy atom. The maximum Gasteiger partial charge on any atom is 0.133 e.